The molecule has 0 amide bonds. The van der Waals surface area contributed by atoms with Gasteiger partial charge in [0.25, 0.3) is 5.56 Å². The van der Waals surface area contributed by atoms with Crippen LogP contribution in [-0.2, 0) is 9.53 Å². The summed E-state index contributed by atoms with van der Waals surface area (Å²) in [4.78, 5) is 31.6. The molecule has 0 aliphatic carbocycles. The molecule has 2 aromatic carbocycles. The number of hydrogen-bond acceptors (Lipinski definition) is 6. The Labute approximate surface area is 204 Å². The second kappa shape index (κ2) is 9.55. The molecular formula is C24H20Cl2N2O4S. The number of halogens is 2. The first-order valence-corrected chi connectivity index (χ1v) is 11.7. The minimum absolute atomic E-state index is 0.202. The van der Waals surface area contributed by atoms with Gasteiger partial charge >= 0.3 is 5.97 Å². The zero-order valence-electron chi connectivity index (χ0n) is 18.1. The molecule has 170 valence electrons. The normalized spacial score (nSPS) is 15.8. The number of nitrogens with zero attached hydrogens (tertiary/aromatic N) is 2. The molecule has 0 N–H and O–H groups in total. The Kier molecular flexibility index (Phi) is 6.74. The number of benzene rings is 2. The molecule has 3 aromatic rings. The van der Waals surface area contributed by atoms with Gasteiger partial charge in [0, 0.05) is 15.6 Å². The van der Waals surface area contributed by atoms with Crippen LogP contribution in [0.25, 0.3) is 6.08 Å². The summed E-state index contributed by atoms with van der Waals surface area (Å²) in [5.41, 5.74) is 1.80. The predicted molar refractivity (Wildman–Crippen MR) is 130 cm³/mol. The molecular weight excluding hydrogens is 483 g/mol. The van der Waals surface area contributed by atoms with Gasteiger partial charge in [-0.25, -0.2) is 9.79 Å². The lowest BCUT2D eigenvalue weighted by molar-refractivity contribution is -0.139. The summed E-state index contributed by atoms with van der Waals surface area (Å²) in [6.45, 7) is 3.67. The smallest absolute Gasteiger partial charge is 0.338 e. The first-order valence-electron chi connectivity index (χ1n) is 10.1. The van der Waals surface area contributed by atoms with Gasteiger partial charge < -0.3 is 9.47 Å². The third-order valence-corrected chi connectivity index (χ3v) is 6.75. The van der Waals surface area contributed by atoms with E-state index in [1.807, 2.05) is 18.2 Å². The van der Waals surface area contributed by atoms with Gasteiger partial charge in [-0.3, -0.25) is 9.36 Å². The SMILES string of the molecule is CCOC(=O)C1=C(C)N=c2sc(=Cc3ccc(Cl)cc3Cl)c(=O)n2C1c1ccccc1OC. The van der Waals surface area contributed by atoms with Gasteiger partial charge in [0.05, 0.1) is 29.5 Å². The molecule has 2 heterocycles. The number of para-hydroxylation sites is 1. The van der Waals surface area contributed by atoms with E-state index in [4.69, 9.17) is 32.7 Å². The Morgan fingerprint density at radius 2 is 2.00 bits per heavy atom. The van der Waals surface area contributed by atoms with Crippen LogP contribution < -0.4 is 19.6 Å². The van der Waals surface area contributed by atoms with Gasteiger partial charge in [0.15, 0.2) is 4.80 Å². The van der Waals surface area contributed by atoms with E-state index in [9.17, 15) is 9.59 Å². The van der Waals surface area contributed by atoms with Crippen LogP contribution in [0.4, 0.5) is 0 Å². The maximum Gasteiger partial charge on any atom is 0.338 e. The number of esters is 1. The summed E-state index contributed by atoms with van der Waals surface area (Å²) in [5.74, 6) is 0.0269. The number of hydrogen-bond donors (Lipinski definition) is 0. The second-order valence-corrected chi connectivity index (χ2v) is 9.06. The van der Waals surface area contributed by atoms with E-state index in [2.05, 4.69) is 4.99 Å². The Hall–Kier alpha value is -2.87. The van der Waals surface area contributed by atoms with Crippen LogP contribution in [0.15, 0.2) is 63.5 Å². The Balaban J connectivity index is 2.00. The van der Waals surface area contributed by atoms with Crippen LogP contribution in [0.5, 0.6) is 5.75 Å². The fourth-order valence-electron chi connectivity index (χ4n) is 3.74. The highest BCUT2D eigenvalue weighted by molar-refractivity contribution is 7.07. The van der Waals surface area contributed by atoms with E-state index in [0.717, 1.165) is 0 Å². The van der Waals surface area contributed by atoms with E-state index in [-0.39, 0.29) is 12.2 Å². The number of allylic oxidation sites excluding steroid dienone is 1. The van der Waals surface area contributed by atoms with Gasteiger partial charge in [0.1, 0.15) is 11.8 Å². The van der Waals surface area contributed by atoms with Crippen molar-refractivity contribution in [3.05, 3.63) is 94.6 Å². The highest BCUT2D eigenvalue weighted by Crippen LogP contribution is 2.35. The number of aromatic nitrogens is 1. The molecule has 0 bridgehead atoms. The van der Waals surface area contributed by atoms with Crippen molar-refractivity contribution in [3.63, 3.8) is 0 Å². The summed E-state index contributed by atoms with van der Waals surface area (Å²) in [7, 11) is 1.55. The summed E-state index contributed by atoms with van der Waals surface area (Å²) in [6.07, 6.45) is 1.70. The number of thiazole rings is 1. The molecule has 1 aliphatic heterocycles. The third-order valence-electron chi connectivity index (χ3n) is 5.20. The maximum atomic E-state index is 13.6. The third kappa shape index (κ3) is 4.36. The number of rotatable bonds is 5. The lowest BCUT2D eigenvalue weighted by Crippen LogP contribution is -2.40. The zero-order chi connectivity index (χ0) is 23.7. The monoisotopic (exact) mass is 502 g/mol. The van der Waals surface area contributed by atoms with E-state index in [1.54, 1.807) is 51.3 Å². The first kappa shape index (κ1) is 23.3. The summed E-state index contributed by atoms with van der Waals surface area (Å²) < 4.78 is 12.8. The molecule has 0 saturated heterocycles. The molecule has 0 spiro atoms. The standard InChI is InChI=1S/C24H20Cl2N2O4S/c1-4-32-23(30)20-13(2)27-24-28(21(20)16-7-5-6-8-18(16)31-3)22(29)19(33-24)11-14-9-10-15(25)12-17(14)26/h5-12,21H,4H2,1-3H3. The van der Waals surface area contributed by atoms with Gasteiger partial charge in [0.2, 0.25) is 0 Å². The minimum atomic E-state index is -0.751. The molecule has 0 fully saturated rings. The number of methoxy groups -OCH3 is 1. The Morgan fingerprint density at radius 1 is 1.24 bits per heavy atom. The van der Waals surface area contributed by atoms with Gasteiger partial charge in [-0.2, -0.15) is 0 Å². The molecule has 0 saturated carbocycles. The molecule has 4 rings (SSSR count). The van der Waals surface area contributed by atoms with E-state index in [1.165, 1.54) is 15.9 Å². The number of carbonyl (C=O) groups is 1. The number of ether oxygens (including phenoxy) is 2. The Bertz CT molecular complexity index is 1460. The molecule has 1 unspecified atom stereocenters. The van der Waals surface area contributed by atoms with Gasteiger partial charge in [-0.05, 0) is 43.7 Å². The lowest BCUT2D eigenvalue weighted by Gasteiger charge is -2.25. The second-order valence-electron chi connectivity index (χ2n) is 7.21. The fourth-order valence-corrected chi connectivity index (χ4v) is 5.24. The summed E-state index contributed by atoms with van der Waals surface area (Å²) in [5, 5.41) is 0.933. The number of fused-ring (bicyclic) bond motifs is 1. The highest BCUT2D eigenvalue weighted by Gasteiger charge is 2.34. The predicted octanol–water partition coefficient (Wildman–Crippen LogP) is 4.11. The molecule has 6 nitrogen and oxygen atoms in total. The van der Waals surface area contributed by atoms with Crippen LogP contribution in [0.2, 0.25) is 10.0 Å². The van der Waals surface area contributed by atoms with Crippen molar-refractivity contribution in [3.8, 4) is 5.75 Å². The van der Waals surface area contributed by atoms with Crippen LogP contribution in [0.3, 0.4) is 0 Å². The molecule has 0 radical (unpaired) electrons. The zero-order valence-corrected chi connectivity index (χ0v) is 20.4. The number of carbonyl (C=O) groups excluding carboxylic acids is 1. The molecule has 9 heteroatoms. The topological polar surface area (TPSA) is 69.9 Å². The van der Waals surface area contributed by atoms with E-state index < -0.39 is 12.0 Å². The minimum Gasteiger partial charge on any atom is -0.496 e. The summed E-state index contributed by atoms with van der Waals surface area (Å²) in [6, 6.07) is 11.6. The van der Waals surface area contributed by atoms with Crippen molar-refractivity contribution < 1.29 is 14.3 Å². The van der Waals surface area contributed by atoms with Crippen LogP contribution in [0.1, 0.15) is 31.0 Å². The quantitative estimate of drug-likeness (QED) is 0.492. The average Bonchev–Trinajstić information content (AvgIpc) is 3.09. The van der Waals surface area contributed by atoms with Crippen molar-refractivity contribution in [2.75, 3.05) is 13.7 Å². The first-order chi connectivity index (χ1) is 15.8. The van der Waals surface area contributed by atoms with Crippen molar-refractivity contribution in [2.45, 2.75) is 19.9 Å². The molecule has 1 atom stereocenters. The van der Waals surface area contributed by atoms with Crippen molar-refractivity contribution >= 4 is 46.6 Å². The van der Waals surface area contributed by atoms with Crippen molar-refractivity contribution in [2.24, 2.45) is 4.99 Å². The van der Waals surface area contributed by atoms with Gasteiger partial charge in [-0.1, -0.05) is 58.8 Å². The molecule has 1 aromatic heterocycles. The maximum absolute atomic E-state index is 13.6. The van der Waals surface area contributed by atoms with Crippen LogP contribution in [0, 0.1) is 0 Å². The largest absolute Gasteiger partial charge is 0.496 e. The van der Waals surface area contributed by atoms with E-state index in [0.29, 0.717) is 47.5 Å². The molecule has 33 heavy (non-hydrogen) atoms. The molecule has 1 aliphatic rings. The van der Waals surface area contributed by atoms with Crippen molar-refractivity contribution in [1.29, 1.82) is 0 Å². The van der Waals surface area contributed by atoms with Gasteiger partial charge in [-0.15, -0.1) is 0 Å². The van der Waals surface area contributed by atoms with E-state index >= 15 is 0 Å². The average molecular weight is 503 g/mol. The lowest BCUT2D eigenvalue weighted by atomic mass is 9.95. The fraction of sp³-hybridized carbons (Fsp3) is 0.208. The van der Waals surface area contributed by atoms with Crippen LogP contribution >= 0.6 is 34.5 Å². The van der Waals surface area contributed by atoms with Crippen LogP contribution in [-0.4, -0.2) is 24.3 Å². The Morgan fingerprint density at radius 3 is 2.70 bits per heavy atom. The summed E-state index contributed by atoms with van der Waals surface area (Å²) >= 11 is 13.5. The van der Waals surface area contributed by atoms with Crippen molar-refractivity contribution in [1.82, 2.24) is 4.57 Å². The highest BCUT2D eigenvalue weighted by atomic mass is 35.5.